The molecule has 0 amide bonds. The quantitative estimate of drug-likeness (QED) is 0.501. The van der Waals surface area contributed by atoms with Crippen LogP contribution in [0, 0.1) is 5.82 Å². The highest BCUT2D eigenvalue weighted by atomic mass is 32.1. The van der Waals surface area contributed by atoms with E-state index in [0.29, 0.717) is 11.5 Å². The molecule has 1 aliphatic heterocycles. The molecular weight excluding hydrogens is 287 g/mol. The summed E-state index contributed by atoms with van der Waals surface area (Å²) in [5, 5.41) is 3.88. The number of hydrogen-bond acceptors (Lipinski definition) is 3. The lowest BCUT2D eigenvalue weighted by molar-refractivity contribution is 0.394. The van der Waals surface area contributed by atoms with Gasteiger partial charge in [-0.15, -0.1) is 0 Å². The van der Waals surface area contributed by atoms with Crippen LogP contribution in [-0.4, -0.2) is 23.9 Å². The van der Waals surface area contributed by atoms with Gasteiger partial charge in [-0.05, 0) is 56.1 Å². The standard InChI is InChI=1S/C15H21FN4S/c1-9-7-15(2,3)20(4)13-6-12(16)10(5-11(9)13)8-18-19-14(17)21/h5-6,8-9H,7H2,1-4H3,(H3,17,19,21)/b18-8-. The van der Waals surface area contributed by atoms with Crippen molar-refractivity contribution in [1.29, 1.82) is 0 Å². The molecule has 114 valence electrons. The fourth-order valence-electron chi connectivity index (χ4n) is 2.87. The molecule has 0 bridgehead atoms. The molecule has 2 rings (SSSR count). The average molecular weight is 308 g/mol. The van der Waals surface area contributed by atoms with Crippen molar-refractivity contribution in [3.63, 3.8) is 0 Å². The minimum absolute atomic E-state index is 0.0156. The van der Waals surface area contributed by atoms with E-state index in [2.05, 4.69) is 48.4 Å². The Morgan fingerprint density at radius 3 is 2.86 bits per heavy atom. The molecular formula is C15H21FN4S. The Bertz CT molecular complexity index is 598. The van der Waals surface area contributed by atoms with E-state index in [0.717, 1.165) is 17.7 Å². The number of anilines is 1. The van der Waals surface area contributed by atoms with Crippen LogP contribution in [0.1, 0.15) is 44.2 Å². The van der Waals surface area contributed by atoms with E-state index in [4.69, 9.17) is 5.73 Å². The van der Waals surface area contributed by atoms with Gasteiger partial charge in [0, 0.05) is 23.8 Å². The zero-order chi connectivity index (χ0) is 15.8. The fourth-order valence-corrected chi connectivity index (χ4v) is 2.92. The number of hydrogen-bond donors (Lipinski definition) is 2. The molecule has 0 aliphatic carbocycles. The SMILES string of the molecule is CC1CC(C)(C)N(C)c2cc(F)c(/C=N\NC(N)=S)cc21. The maximum Gasteiger partial charge on any atom is 0.184 e. The lowest BCUT2D eigenvalue weighted by atomic mass is 9.80. The molecule has 1 aromatic carbocycles. The first kappa shape index (κ1) is 15.7. The van der Waals surface area contributed by atoms with Crippen molar-refractivity contribution in [1.82, 2.24) is 5.43 Å². The monoisotopic (exact) mass is 308 g/mol. The van der Waals surface area contributed by atoms with Crippen LogP contribution in [0.25, 0.3) is 0 Å². The molecule has 0 saturated carbocycles. The minimum Gasteiger partial charge on any atom is -0.375 e. The first-order valence-electron chi connectivity index (χ1n) is 6.88. The van der Waals surface area contributed by atoms with Crippen LogP contribution >= 0.6 is 12.2 Å². The van der Waals surface area contributed by atoms with Crippen molar-refractivity contribution in [2.45, 2.75) is 38.6 Å². The Balaban J connectivity index is 2.41. The van der Waals surface area contributed by atoms with Crippen molar-refractivity contribution in [3.05, 3.63) is 29.1 Å². The van der Waals surface area contributed by atoms with E-state index in [-0.39, 0.29) is 16.5 Å². The minimum atomic E-state index is -0.306. The maximum absolute atomic E-state index is 14.2. The van der Waals surface area contributed by atoms with Crippen molar-refractivity contribution >= 4 is 29.2 Å². The van der Waals surface area contributed by atoms with Crippen molar-refractivity contribution < 1.29 is 4.39 Å². The summed E-state index contributed by atoms with van der Waals surface area (Å²) in [6.45, 7) is 6.51. The molecule has 0 fully saturated rings. The predicted molar refractivity (Wildman–Crippen MR) is 89.4 cm³/mol. The van der Waals surface area contributed by atoms with Crippen LogP contribution in [-0.2, 0) is 0 Å². The molecule has 1 aromatic rings. The van der Waals surface area contributed by atoms with Crippen LogP contribution in [0.3, 0.4) is 0 Å². The highest BCUT2D eigenvalue weighted by Gasteiger charge is 2.34. The third kappa shape index (κ3) is 3.15. The molecule has 4 nitrogen and oxygen atoms in total. The summed E-state index contributed by atoms with van der Waals surface area (Å²) in [5.41, 5.74) is 10.2. The Morgan fingerprint density at radius 1 is 1.57 bits per heavy atom. The summed E-state index contributed by atoms with van der Waals surface area (Å²) in [7, 11) is 2.01. The highest BCUT2D eigenvalue weighted by molar-refractivity contribution is 7.80. The summed E-state index contributed by atoms with van der Waals surface area (Å²) >= 11 is 4.65. The number of benzene rings is 1. The molecule has 0 aromatic heterocycles. The number of hydrazone groups is 1. The van der Waals surface area contributed by atoms with Gasteiger partial charge in [-0.3, -0.25) is 5.43 Å². The maximum atomic E-state index is 14.2. The smallest absolute Gasteiger partial charge is 0.184 e. The van der Waals surface area contributed by atoms with E-state index in [1.165, 1.54) is 6.21 Å². The molecule has 1 aliphatic rings. The van der Waals surface area contributed by atoms with Gasteiger partial charge in [-0.2, -0.15) is 5.10 Å². The van der Waals surface area contributed by atoms with Gasteiger partial charge in [-0.25, -0.2) is 4.39 Å². The molecule has 21 heavy (non-hydrogen) atoms. The largest absolute Gasteiger partial charge is 0.375 e. The number of nitrogens with zero attached hydrogens (tertiary/aromatic N) is 2. The van der Waals surface area contributed by atoms with Crippen LogP contribution in [0.4, 0.5) is 10.1 Å². The van der Waals surface area contributed by atoms with Crippen LogP contribution < -0.4 is 16.1 Å². The van der Waals surface area contributed by atoms with Crippen molar-refractivity contribution in [2.75, 3.05) is 11.9 Å². The Hall–Kier alpha value is -1.69. The van der Waals surface area contributed by atoms with E-state index >= 15 is 0 Å². The predicted octanol–water partition coefficient (Wildman–Crippen LogP) is 2.71. The Labute approximate surface area is 130 Å². The van der Waals surface area contributed by atoms with E-state index in [1.54, 1.807) is 6.07 Å². The molecule has 0 spiro atoms. The first-order chi connectivity index (χ1) is 9.72. The normalized spacial score (nSPS) is 20.4. The molecule has 0 saturated heterocycles. The van der Waals surface area contributed by atoms with Gasteiger partial charge in [0.2, 0.25) is 0 Å². The van der Waals surface area contributed by atoms with Gasteiger partial charge >= 0.3 is 0 Å². The zero-order valence-corrected chi connectivity index (χ0v) is 13.6. The molecule has 3 N–H and O–H groups in total. The van der Waals surface area contributed by atoms with Gasteiger partial charge in [0.1, 0.15) is 5.82 Å². The van der Waals surface area contributed by atoms with Gasteiger partial charge in [0.05, 0.1) is 6.21 Å². The number of nitrogens with one attached hydrogen (secondary N) is 1. The summed E-state index contributed by atoms with van der Waals surface area (Å²) in [6.07, 6.45) is 2.42. The Kier molecular flexibility index (Phi) is 4.18. The molecule has 1 heterocycles. The second-order valence-electron chi connectivity index (χ2n) is 6.14. The first-order valence-corrected chi connectivity index (χ1v) is 7.29. The van der Waals surface area contributed by atoms with Gasteiger partial charge in [-0.1, -0.05) is 6.92 Å². The molecule has 6 heteroatoms. The van der Waals surface area contributed by atoms with Crippen LogP contribution in [0.5, 0.6) is 0 Å². The summed E-state index contributed by atoms with van der Waals surface area (Å²) in [6, 6.07) is 3.43. The Morgan fingerprint density at radius 2 is 2.24 bits per heavy atom. The topological polar surface area (TPSA) is 53.6 Å². The van der Waals surface area contributed by atoms with Crippen molar-refractivity contribution in [2.24, 2.45) is 10.8 Å². The summed E-state index contributed by atoms with van der Waals surface area (Å²) in [4.78, 5) is 2.14. The van der Waals surface area contributed by atoms with Gasteiger partial charge in [0.25, 0.3) is 0 Å². The third-order valence-electron chi connectivity index (χ3n) is 4.13. The van der Waals surface area contributed by atoms with E-state index in [9.17, 15) is 4.39 Å². The number of rotatable bonds is 2. The molecule has 1 unspecified atom stereocenters. The zero-order valence-electron chi connectivity index (χ0n) is 12.8. The van der Waals surface area contributed by atoms with E-state index < -0.39 is 0 Å². The lowest BCUT2D eigenvalue weighted by Crippen LogP contribution is -2.45. The lowest BCUT2D eigenvalue weighted by Gasteiger charge is -2.45. The summed E-state index contributed by atoms with van der Waals surface area (Å²) < 4.78 is 14.2. The number of nitrogens with two attached hydrogens (primary N) is 1. The van der Waals surface area contributed by atoms with Gasteiger partial charge in [0.15, 0.2) is 5.11 Å². The summed E-state index contributed by atoms with van der Waals surface area (Å²) in [5.74, 6) is 0.0569. The fraction of sp³-hybridized carbons (Fsp3) is 0.467. The van der Waals surface area contributed by atoms with E-state index in [1.807, 2.05) is 13.1 Å². The average Bonchev–Trinajstić information content (AvgIpc) is 2.36. The van der Waals surface area contributed by atoms with Crippen LogP contribution in [0.2, 0.25) is 0 Å². The number of fused-ring (bicyclic) bond motifs is 1. The third-order valence-corrected chi connectivity index (χ3v) is 4.22. The van der Waals surface area contributed by atoms with Crippen LogP contribution in [0.15, 0.2) is 17.2 Å². The highest BCUT2D eigenvalue weighted by Crippen LogP contribution is 2.43. The number of thiocarbonyl (C=S) groups is 1. The molecule has 1 atom stereocenters. The second-order valence-corrected chi connectivity index (χ2v) is 6.58. The second kappa shape index (κ2) is 5.60. The molecule has 0 radical (unpaired) electrons. The van der Waals surface area contributed by atoms with Gasteiger partial charge < -0.3 is 10.6 Å². The number of halogens is 1. The van der Waals surface area contributed by atoms with Crippen molar-refractivity contribution in [3.8, 4) is 0 Å².